The first-order chi connectivity index (χ1) is 11.5. The summed E-state index contributed by atoms with van der Waals surface area (Å²) < 4.78 is 1.63. The van der Waals surface area contributed by atoms with Gasteiger partial charge in [0.25, 0.3) is 5.91 Å². The smallest absolute Gasteiger partial charge is 0.254 e. The number of aromatic nitrogens is 4. The van der Waals surface area contributed by atoms with Gasteiger partial charge in [-0.1, -0.05) is 0 Å². The molecule has 0 aromatic carbocycles. The number of carbonyl (C=O) groups is 1. The van der Waals surface area contributed by atoms with E-state index in [9.17, 15) is 4.79 Å². The van der Waals surface area contributed by atoms with Crippen molar-refractivity contribution in [2.45, 2.75) is 18.9 Å². The highest BCUT2D eigenvalue weighted by Crippen LogP contribution is 2.18. The van der Waals surface area contributed by atoms with Crippen molar-refractivity contribution in [2.75, 3.05) is 37.0 Å². The van der Waals surface area contributed by atoms with Gasteiger partial charge in [0.1, 0.15) is 5.82 Å². The minimum atomic E-state index is -0.0853. The molecule has 3 rings (SSSR count). The third-order valence-corrected chi connectivity index (χ3v) is 4.09. The van der Waals surface area contributed by atoms with Crippen LogP contribution in [0, 0.1) is 0 Å². The molecule has 1 fully saturated rings. The van der Waals surface area contributed by atoms with Gasteiger partial charge in [0.15, 0.2) is 0 Å². The quantitative estimate of drug-likeness (QED) is 0.888. The van der Waals surface area contributed by atoms with Gasteiger partial charge >= 0.3 is 0 Å². The van der Waals surface area contributed by atoms with Gasteiger partial charge in [0.05, 0.1) is 11.8 Å². The molecule has 128 valence electrons. The molecule has 2 aromatic rings. The Hall–Kier alpha value is -2.64. The van der Waals surface area contributed by atoms with Gasteiger partial charge in [-0.3, -0.25) is 9.48 Å². The van der Waals surface area contributed by atoms with Crippen LogP contribution in [0.2, 0.25) is 0 Å². The molecule has 1 aliphatic rings. The van der Waals surface area contributed by atoms with E-state index in [-0.39, 0.29) is 11.9 Å². The largest absolute Gasteiger partial charge is 0.363 e. The lowest BCUT2D eigenvalue weighted by Crippen LogP contribution is -2.48. The number of aryl methyl sites for hydroxylation is 1. The fourth-order valence-corrected chi connectivity index (χ4v) is 2.82. The van der Waals surface area contributed by atoms with Crippen LogP contribution in [-0.2, 0) is 7.05 Å². The maximum atomic E-state index is 12.3. The van der Waals surface area contributed by atoms with Crippen molar-refractivity contribution in [2.24, 2.45) is 7.05 Å². The van der Waals surface area contributed by atoms with Crippen molar-refractivity contribution >= 4 is 17.7 Å². The van der Waals surface area contributed by atoms with Crippen molar-refractivity contribution in [3.8, 4) is 0 Å². The molecule has 24 heavy (non-hydrogen) atoms. The van der Waals surface area contributed by atoms with Crippen molar-refractivity contribution in [1.29, 1.82) is 0 Å². The van der Waals surface area contributed by atoms with Crippen molar-refractivity contribution < 1.29 is 4.79 Å². The summed E-state index contributed by atoms with van der Waals surface area (Å²) in [7, 11) is 5.71. The van der Waals surface area contributed by atoms with Gasteiger partial charge in [0, 0.05) is 52.7 Å². The summed E-state index contributed by atoms with van der Waals surface area (Å²) in [6.45, 7) is 1.61. The summed E-state index contributed by atoms with van der Waals surface area (Å²) in [4.78, 5) is 25.3. The highest BCUT2D eigenvalue weighted by atomic mass is 16.1. The molecule has 0 spiro atoms. The minimum absolute atomic E-state index is 0.0815. The standard InChI is InChI=1S/C16H23N7O/c1-21(2)14-6-7-17-16(20-14)23-8-4-5-13(11-23)19-15(24)12-9-18-22(3)10-12/h6-7,9-10,13H,4-5,8,11H2,1-3H3,(H,19,24). The molecule has 0 aliphatic carbocycles. The third kappa shape index (κ3) is 3.64. The molecule has 1 amide bonds. The van der Waals surface area contributed by atoms with Gasteiger partial charge in [-0.25, -0.2) is 4.98 Å². The fourth-order valence-electron chi connectivity index (χ4n) is 2.82. The van der Waals surface area contributed by atoms with E-state index in [4.69, 9.17) is 0 Å². The number of nitrogens with one attached hydrogen (secondary N) is 1. The zero-order chi connectivity index (χ0) is 17.1. The number of amides is 1. The number of hydrogen-bond donors (Lipinski definition) is 1. The second-order valence-electron chi connectivity index (χ2n) is 6.27. The topological polar surface area (TPSA) is 79.2 Å². The van der Waals surface area contributed by atoms with Crippen LogP contribution in [-0.4, -0.2) is 58.9 Å². The summed E-state index contributed by atoms with van der Waals surface area (Å²) in [5.74, 6) is 1.50. The number of carbonyl (C=O) groups excluding carboxylic acids is 1. The lowest BCUT2D eigenvalue weighted by molar-refractivity contribution is 0.0933. The van der Waals surface area contributed by atoms with Crippen LogP contribution in [0.1, 0.15) is 23.2 Å². The predicted octanol–water partition coefficient (Wildman–Crippen LogP) is 0.675. The summed E-state index contributed by atoms with van der Waals surface area (Å²) in [6.07, 6.45) is 7.03. The Morgan fingerprint density at radius 1 is 1.42 bits per heavy atom. The molecule has 1 N–H and O–H groups in total. The van der Waals surface area contributed by atoms with Crippen LogP contribution in [0.3, 0.4) is 0 Å². The van der Waals surface area contributed by atoms with E-state index >= 15 is 0 Å². The van der Waals surface area contributed by atoms with Crippen LogP contribution in [0.5, 0.6) is 0 Å². The molecule has 8 nitrogen and oxygen atoms in total. The lowest BCUT2D eigenvalue weighted by Gasteiger charge is -2.33. The number of rotatable bonds is 4. The van der Waals surface area contributed by atoms with Gasteiger partial charge < -0.3 is 15.1 Å². The molecule has 0 radical (unpaired) electrons. The third-order valence-electron chi connectivity index (χ3n) is 4.09. The molecule has 1 atom stereocenters. The first-order valence-corrected chi connectivity index (χ1v) is 8.08. The Labute approximate surface area is 141 Å². The van der Waals surface area contributed by atoms with E-state index in [0.29, 0.717) is 18.1 Å². The van der Waals surface area contributed by atoms with Gasteiger partial charge in [-0.2, -0.15) is 10.1 Å². The molecule has 2 aromatic heterocycles. The molecule has 0 saturated carbocycles. The Morgan fingerprint density at radius 3 is 2.96 bits per heavy atom. The van der Waals surface area contributed by atoms with E-state index < -0.39 is 0 Å². The molecule has 1 saturated heterocycles. The molecule has 8 heteroatoms. The number of nitrogens with zero attached hydrogens (tertiary/aromatic N) is 6. The predicted molar refractivity (Wildman–Crippen MR) is 92.3 cm³/mol. The Morgan fingerprint density at radius 2 is 2.25 bits per heavy atom. The number of hydrogen-bond acceptors (Lipinski definition) is 6. The van der Waals surface area contributed by atoms with Crippen LogP contribution >= 0.6 is 0 Å². The van der Waals surface area contributed by atoms with E-state index in [1.165, 1.54) is 0 Å². The Balaban J connectivity index is 1.66. The lowest BCUT2D eigenvalue weighted by atomic mass is 10.1. The SMILES string of the molecule is CN(C)c1ccnc(N2CCCC(NC(=O)c3cnn(C)c3)C2)n1. The van der Waals surface area contributed by atoms with Crippen LogP contribution in [0.25, 0.3) is 0 Å². The zero-order valence-corrected chi connectivity index (χ0v) is 14.3. The summed E-state index contributed by atoms with van der Waals surface area (Å²) in [5.41, 5.74) is 0.584. The van der Waals surface area contributed by atoms with Gasteiger partial charge in [-0.15, -0.1) is 0 Å². The highest BCUT2D eigenvalue weighted by Gasteiger charge is 2.24. The Bertz CT molecular complexity index is 712. The zero-order valence-electron chi connectivity index (χ0n) is 14.3. The maximum Gasteiger partial charge on any atom is 0.254 e. The molecule has 0 bridgehead atoms. The highest BCUT2D eigenvalue weighted by molar-refractivity contribution is 5.93. The molecule has 1 unspecified atom stereocenters. The molecular formula is C16H23N7O. The van der Waals surface area contributed by atoms with Gasteiger partial charge in [-0.05, 0) is 18.9 Å². The molecule has 3 heterocycles. The van der Waals surface area contributed by atoms with Crippen molar-refractivity contribution in [3.63, 3.8) is 0 Å². The summed E-state index contributed by atoms with van der Waals surface area (Å²) >= 11 is 0. The number of anilines is 2. The van der Waals surface area contributed by atoms with Crippen LogP contribution in [0.4, 0.5) is 11.8 Å². The summed E-state index contributed by atoms with van der Waals surface area (Å²) in [5, 5.41) is 7.13. The molecule has 1 aliphatic heterocycles. The normalized spacial score (nSPS) is 17.6. The van der Waals surface area contributed by atoms with E-state index in [0.717, 1.165) is 25.2 Å². The van der Waals surface area contributed by atoms with E-state index in [1.807, 2.05) is 25.1 Å². The van der Waals surface area contributed by atoms with Gasteiger partial charge in [0.2, 0.25) is 5.95 Å². The fraction of sp³-hybridized carbons (Fsp3) is 0.500. The second kappa shape index (κ2) is 6.86. The van der Waals surface area contributed by atoms with Crippen LogP contribution in [0.15, 0.2) is 24.7 Å². The van der Waals surface area contributed by atoms with E-state index in [2.05, 4.69) is 25.3 Å². The van der Waals surface area contributed by atoms with Crippen LogP contribution < -0.4 is 15.1 Å². The van der Waals surface area contributed by atoms with Crippen molar-refractivity contribution in [3.05, 3.63) is 30.2 Å². The molecular weight excluding hydrogens is 306 g/mol. The average molecular weight is 329 g/mol. The first kappa shape index (κ1) is 16.2. The monoisotopic (exact) mass is 329 g/mol. The minimum Gasteiger partial charge on any atom is -0.363 e. The average Bonchev–Trinajstić information content (AvgIpc) is 3.02. The second-order valence-corrected chi connectivity index (χ2v) is 6.27. The number of piperidine rings is 1. The summed E-state index contributed by atoms with van der Waals surface area (Å²) in [6, 6.07) is 1.97. The van der Waals surface area contributed by atoms with Crippen molar-refractivity contribution in [1.82, 2.24) is 25.1 Å². The Kier molecular flexibility index (Phi) is 4.64. The maximum absolute atomic E-state index is 12.3. The first-order valence-electron chi connectivity index (χ1n) is 8.08. The van der Waals surface area contributed by atoms with E-state index in [1.54, 1.807) is 30.3 Å².